The van der Waals surface area contributed by atoms with Gasteiger partial charge in [0.25, 0.3) is 0 Å². The largest absolute Gasteiger partial charge is 0.491 e. The summed E-state index contributed by atoms with van der Waals surface area (Å²) in [6.45, 7) is 3.33. The van der Waals surface area contributed by atoms with E-state index in [-0.39, 0.29) is 6.61 Å². The summed E-state index contributed by atoms with van der Waals surface area (Å²) >= 11 is 0. The van der Waals surface area contributed by atoms with Crippen LogP contribution in [-0.2, 0) is 6.54 Å². The van der Waals surface area contributed by atoms with E-state index in [0.717, 1.165) is 11.5 Å². The molecule has 1 aromatic carbocycles. The number of anilines is 1. The predicted octanol–water partition coefficient (Wildman–Crippen LogP) is 2.04. The number of aliphatic hydroxyl groups excluding tert-OH is 1. The minimum absolute atomic E-state index is 0.242. The summed E-state index contributed by atoms with van der Waals surface area (Å²) in [5.74, 6) is 2.49. The summed E-state index contributed by atoms with van der Waals surface area (Å²) in [5.41, 5.74) is 6.29. The number of nitrogens with two attached hydrogens (primary N) is 1. The smallest absolute Gasteiger partial charge is 0.119 e. The quantitative estimate of drug-likeness (QED) is 0.764. The van der Waals surface area contributed by atoms with Crippen LogP contribution < -0.4 is 10.5 Å². The second-order valence-corrected chi connectivity index (χ2v) is 5.24. The lowest BCUT2D eigenvalue weighted by Gasteiger charge is -2.19. The molecule has 114 valence electrons. The first kappa shape index (κ1) is 15.4. The van der Waals surface area contributed by atoms with Gasteiger partial charge >= 0.3 is 0 Å². The molecule has 5 heteroatoms. The lowest BCUT2D eigenvalue weighted by Crippen LogP contribution is -2.32. The molecule has 0 aliphatic carbocycles. The van der Waals surface area contributed by atoms with E-state index in [1.807, 2.05) is 31.0 Å². The summed E-state index contributed by atoms with van der Waals surface area (Å²) in [4.78, 5) is 2.00. The zero-order valence-corrected chi connectivity index (χ0v) is 12.5. The Balaban J connectivity index is 1.73. The molecule has 0 fully saturated rings. The molecule has 0 aliphatic rings. The Labute approximate surface area is 124 Å². The third kappa shape index (κ3) is 5.13. The van der Waals surface area contributed by atoms with Gasteiger partial charge in [-0.05, 0) is 50.4 Å². The second-order valence-electron chi connectivity index (χ2n) is 5.24. The van der Waals surface area contributed by atoms with Crippen molar-refractivity contribution in [2.75, 3.05) is 25.9 Å². The minimum Gasteiger partial charge on any atom is -0.491 e. The van der Waals surface area contributed by atoms with Crippen molar-refractivity contribution in [3.63, 3.8) is 0 Å². The Morgan fingerprint density at radius 2 is 1.95 bits per heavy atom. The average Bonchev–Trinajstić information content (AvgIpc) is 2.83. The third-order valence-corrected chi connectivity index (χ3v) is 3.07. The van der Waals surface area contributed by atoms with Gasteiger partial charge in [0.2, 0.25) is 0 Å². The molecule has 1 atom stereocenters. The number of ether oxygens (including phenoxy) is 1. The molecular weight excluding hydrogens is 268 g/mol. The summed E-state index contributed by atoms with van der Waals surface area (Å²) in [6.07, 6.45) is -0.566. The van der Waals surface area contributed by atoms with Gasteiger partial charge in [-0.2, -0.15) is 0 Å². The maximum atomic E-state index is 10.00. The molecule has 0 amide bonds. The third-order valence-electron chi connectivity index (χ3n) is 3.07. The highest BCUT2D eigenvalue weighted by Gasteiger charge is 2.11. The van der Waals surface area contributed by atoms with Crippen molar-refractivity contribution in [1.82, 2.24) is 4.90 Å². The Hall–Kier alpha value is -1.98. The molecule has 1 unspecified atom stereocenters. The van der Waals surface area contributed by atoms with Crippen LogP contribution in [0.15, 0.2) is 40.8 Å². The highest BCUT2D eigenvalue weighted by atomic mass is 16.5. The van der Waals surface area contributed by atoms with Crippen molar-refractivity contribution >= 4 is 5.69 Å². The Kier molecular flexibility index (Phi) is 5.25. The lowest BCUT2D eigenvalue weighted by molar-refractivity contribution is 0.0724. The maximum absolute atomic E-state index is 10.00. The number of likely N-dealkylation sites (N-methyl/N-ethyl adjacent to an activating group) is 1. The van der Waals surface area contributed by atoms with Crippen LogP contribution in [0.1, 0.15) is 11.5 Å². The molecule has 0 radical (unpaired) electrons. The first-order valence-corrected chi connectivity index (χ1v) is 6.93. The minimum atomic E-state index is -0.566. The van der Waals surface area contributed by atoms with Crippen molar-refractivity contribution in [2.24, 2.45) is 0 Å². The van der Waals surface area contributed by atoms with E-state index in [2.05, 4.69) is 0 Å². The van der Waals surface area contributed by atoms with E-state index in [1.165, 1.54) is 0 Å². The molecule has 5 nitrogen and oxygen atoms in total. The van der Waals surface area contributed by atoms with Gasteiger partial charge in [-0.25, -0.2) is 0 Å². The Morgan fingerprint density at radius 3 is 2.57 bits per heavy atom. The number of aliphatic hydroxyl groups is 1. The van der Waals surface area contributed by atoms with E-state index < -0.39 is 6.10 Å². The number of hydrogen-bond acceptors (Lipinski definition) is 5. The van der Waals surface area contributed by atoms with Crippen molar-refractivity contribution < 1.29 is 14.3 Å². The van der Waals surface area contributed by atoms with Gasteiger partial charge < -0.3 is 20.0 Å². The molecule has 1 heterocycles. The molecule has 2 rings (SSSR count). The molecule has 3 N–H and O–H groups in total. The number of hydrogen-bond donors (Lipinski definition) is 2. The van der Waals surface area contributed by atoms with E-state index >= 15 is 0 Å². The topological polar surface area (TPSA) is 71.9 Å². The fourth-order valence-electron chi connectivity index (χ4n) is 2.07. The standard InChI is InChI=1S/C16H22N2O3/c1-12-3-6-16(21-12)10-18(2)9-14(19)11-20-15-7-4-13(17)5-8-15/h3-8,14,19H,9-11,17H2,1-2H3. The summed E-state index contributed by atoms with van der Waals surface area (Å²) in [7, 11) is 1.93. The summed E-state index contributed by atoms with van der Waals surface area (Å²) < 4.78 is 11.0. The van der Waals surface area contributed by atoms with Crippen LogP contribution in [0.5, 0.6) is 5.75 Å². The van der Waals surface area contributed by atoms with Gasteiger partial charge in [0.15, 0.2) is 0 Å². The highest BCUT2D eigenvalue weighted by Crippen LogP contribution is 2.13. The number of rotatable bonds is 7. The summed E-state index contributed by atoms with van der Waals surface area (Å²) in [5, 5.41) is 10.00. The Bertz CT molecular complexity index is 551. The van der Waals surface area contributed by atoms with Crippen molar-refractivity contribution in [3.8, 4) is 5.75 Å². The van der Waals surface area contributed by atoms with Crippen molar-refractivity contribution in [1.29, 1.82) is 0 Å². The van der Waals surface area contributed by atoms with Gasteiger partial charge in [-0.1, -0.05) is 0 Å². The zero-order chi connectivity index (χ0) is 15.2. The molecule has 0 aliphatic heterocycles. The monoisotopic (exact) mass is 290 g/mol. The van der Waals surface area contributed by atoms with Crippen LogP contribution in [0.25, 0.3) is 0 Å². The Morgan fingerprint density at radius 1 is 1.24 bits per heavy atom. The van der Waals surface area contributed by atoms with Gasteiger partial charge in [0.1, 0.15) is 30.0 Å². The molecule has 2 aromatic rings. The number of nitrogen functional groups attached to an aromatic ring is 1. The van der Waals surface area contributed by atoms with E-state index in [4.69, 9.17) is 14.9 Å². The van der Waals surface area contributed by atoms with Crippen LogP contribution in [0.4, 0.5) is 5.69 Å². The van der Waals surface area contributed by atoms with Crippen LogP contribution in [0.3, 0.4) is 0 Å². The highest BCUT2D eigenvalue weighted by molar-refractivity contribution is 5.41. The van der Waals surface area contributed by atoms with Crippen molar-refractivity contribution in [3.05, 3.63) is 47.9 Å². The van der Waals surface area contributed by atoms with Gasteiger partial charge in [-0.15, -0.1) is 0 Å². The lowest BCUT2D eigenvalue weighted by atomic mass is 10.3. The predicted molar refractivity (Wildman–Crippen MR) is 82.1 cm³/mol. The number of benzene rings is 1. The van der Waals surface area contributed by atoms with Crippen LogP contribution in [-0.4, -0.2) is 36.3 Å². The second kappa shape index (κ2) is 7.15. The molecular formula is C16H22N2O3. The fraction of sp³-hybridized carbons (Fsp3) is 0.375. The first-order valence-electron chi connectivity index (χ1n) is 6.93. The SMILES string of the molecule is Cc1ccc(CN(C)CC(O)COc2ccc(N)cc2)o1. The van der Waals surface area contributed by atoms with Gasteiger partial charge in [0, 0.05) is 12.2 Å². The molecule has 21 heavy (non-hydrogen) atoms. The van der Waals surface area contributed by atoms with E-state index in [0.29, 0.717) is 24.5 Å². The molecule has 0 saturated carbocycles. The number of furan rings is 1. The molecule has 0 bridgehead atoms. The first-order chi connectivity index (χ1) is 10.0. The normalized spacial score (nSPS) is 12.6. The van der Waals surface area contributed by atoms with Crippen LogP contribution in [0.2, 0.25) is 0 Å². The van der Waals surface area contributed by atoms with Gasteiger partial charge in [0.05, 0.1) is 6.54 Å². The average molecular weight is 290 g/mol. The van der Waals surface area contributed by atoms with E-state index in [1.54, 1.807) is 24.3 Å². The van der Waals surface area contributed by atoms with Crippen LogP contribution in [0, 0.1) is 6.92 Å². The fourth-order valence-corrected chi connectivity index (χ4v) is 2.07. The number of aryl methyl sites for hydroxylation is 1. The van der Waals surface area contributed by atoms with Crippen LogP contribution >= 0.6 is 0 Å². The zero-order valence-electron chi connectivity index (χ0n) is 12.5. The van der Waals surface area contributed by atoms with E-state index in [9.17, 15) is 5.11 Å². The number of nitrogens with zero attached hydrogens (tertiary/aromatic N) is 1. The molecule has 0 spiro atoms. The molecule has 1 aromatic heterocycles. The van der Waals surface area contributed by atoms with Crippen molar-refractivity contribution in [2.45, 2.75) is 19.6 Å². The van der Waals surface area contributed by atoms with Gasteiger partial charge in [-0.3, -0.25) is 4.90 Å². The summed E-state index contributed by atoms with van der Waals surface area (Å²) in [6, 6.07) is 11.0. The molecule has 0 saturated heterocycles. The maximum Gasteiger partial charge on any atom is 0.119 e.